The van der Waals surface area contributed by atoms with E-state index in [2.05, 4.69) is 31.0 Å². The fraction of sp³-hybridized carbons (Fsp3) is 0.600. The highest BCUT2D eigenvalue weighted by Gasteiger charge is 2.25. The van der Waals surface area contributed by atoms with Gasteiger partial charge in [0.25, 0.3) is 0 Å². The van der Waals surface area contributed by atoms with Gasteiger partial charge in [0.05, 0.1) is 0 Å². The van der Waals surface area contributed by atoms with E-state index < -0.39 is 0 Å². The second-order valence-corrected chi connectivity index (χ2v) is 5.72. The first-order chi connectivity index (χ1) is 8.56. The minimum absolute atomic E-state index is 0.154. The zero-order valence-corrected chi connectivity index (χ0v) is 11.5. The van der Waals surface area contributed by atoms with Crippen LogP contribution in [0.1, 0.15) is 27.2 Å². The van der Waals surface area contributed by atoms with Crippen LogP contribution in [0.2, 0.25) is 0 Å². The Balaban J connectivity index is 2.10. The summed E-state index contributed by atoms with van der Waals surface area (Å²) in [6.07, 6.45) is 1.17. The molecule has 0 saturated carbocycles. The molecule has 100 valence electrons. The molecular weight excluding hydrogens is 227 g/mol. The van der Waals surface area contributed by atoms with Gasteiger partial charge in [0.2, 0.25) is 0 Å². The van der Waals surface area contributed by atoms with Gasteiger partial charge in [-0.1, -0.05) is 19.9 Å². The molecule has 0 aromatic heterocycles. The monoisotopic (exact) mass is 250 g/mol. The predicted molar refractivity (Wildman–Crippen MR) is 74.5 cm³/mol. The molecule has 1 N–H and O–H groups in total. The molecule has 0 spiro atoms. The molecule has 3 heteroatoms. The highest BCUT2D eigenvalue weighted by molar-refractivity contribution is 5.48. The van der Waals surface area contributed by atoms with Gasteiger partial charge in [-0.3, -0.25) is 0 Å². The molecule has 0 radical (unpaired) electrons. The molecule has 2 rings (SSSR count). The summed E-state index contributed by atoms with van der Waals surface area (Å²) in [7, 11) is 0. The Labute approximate surface area is 109 Å². The standard InChI is InChI=1S/C15H23FN2/c1-11(2)7-14-10-18(12(3)9-17-14)15-6-4-5-13(16)8-15/h4-6,8,11-12,14,17H,7,9-10H2,1-3H3. The Morgan fingerprint density at radius 1 is 1.44 bits per heavy atom. The van der Waals surface area contributed by atoms with Crippen molar-refractivity contribution in [3.63, 3.8) is 0 Å². The van der Waals surface area contributed by atoms with Crippen molar-refractivity contribution in [1.82, 2.24) is 5.32 Å². The van der Waals surface area contributed by atoms with Crippen LogP contribution in [-0.4, -0.2) is 25.2 Å². The van der Waals surface area contributed by atoms with Crippen LogP contribution in [0.5, 0.6) is 0 Å². The van der Waals surface area contributed by atoms with Gasteiger partial charge >= 0.3 is 0 Å². The Bertz CT molecular complexity index is 392. The molecule has 1 saturated heterocycles. The van der Waals surface area contributed by atoms with Crippen LogP contribution in [0.15, 0.2) is 24.3 Å². The molecule has 1 aliphatic heterocycles. The molecule has 18 heavy (non-hydrogen) atoms. The van der Waals surface area contributed by atoms with E-state index in [0.717, 1.165) is 18.8 Å². The van der Waals surface area contributed by atoms with E-state index in [1.54, 1.807) is 12.1 Å². The molecule has 1 aliphatic rings. The summed E-state index contributed by atoms with van der Waals surface area (Å²) < 4.78 is 13.3. The summed E-state index contributed by atoms with van der Waals surface area (Å²) in [5.41, 5.74) is 0.998. The summed E-state index contributed by atoms with van der Waals surface area (Å²) in [6.45, 7) is 8.60. The SMILES string of the molecule is CC(C)CC1CN(c2cccc(F)c2)C(C)CN1. The number of nitrogens with zero attached hydrogens (tertiary/aromatic N) is 1. The van der Waals surface area contributed by atoms with E-state index in [0.29, 0.717) is 18.0 Å². The Morgan fingerprint density at radius 2 is 2.22 bits per heavy atom. The smallest absolute Gasteiger partial charge is 0.125 e. The lowest BCUT2D eigenvalue weighted by Gasteiger charge is -2.41. The van der Waals surface area contributed by atoms with Crippen molar-refractivity contribution < 1.29 is 4.39 Å². The predicted octanol–water partition coefficient (Wildman–Crippen LogP) is 3.04. The number of halogens is 1. The van der Waals surface area contributed by atoms with Crippen molar-refractivity contribution in [2.24, 2.45) is 5.92 Å². The molecule has 1 heterocycles. The van der Waals surface area contributed by atoms with E-state index >= 15 is 0 Å². The van der Waals surface area contributed by atoms with Crippen LogP contribution in [0.3, 0.4) is 0 Å². The molecule has 2 nitrogen and oxygen atoms in total. The maximum atomic E-state index is 13.3. The van der Waals surface area contributed by atoms with Crippen LogP contribution < -0.4 is 10.2 Å². The van der Waals surface area contributed by atoms with Crippen molar-refractivity contribution in [3.8, 4) is 0 Å². The molecule has 0 amide bonds. The minimum atomic E-state index is -0.154. The summed E-state index contributed by atoms with van der Waals surface area (Å²) in [6, 6.07) is 7.84. The fourth-order valence-electron chi connectivity index (χ4n) is 2.67. The van der Waals surface area contributed by atoms with Crippen LogP contribution in [-0.2, 0) is 0 Å². The number of nitrogens with one attached hydrogen (secondary N) is 1. The van der Waals surface area contributed by atoms with Gasteiger partial charge in [0, 0.05) is 30.9 Å². The van der Waals surface area contributed by atoms with Crippen LogP contribution in [0.25, 0.3) is 0 Å². The van der Waals surface area contributed by atoms with E-state index in [4.69, 9.17) is 0 Å². The molecule has 2 unspecified atom stereocenters. The summed E-state index contributed by atoms with van der Waals surface area (Å²) in [5, 5.41) is 3.58. The van der Waals surface area contributed by atoms with E-state index in [1.165, 1.54) is 12.5 Å². The molecule has 1 fully saturated rings. The van der Waals surface area contributed by atoms with Gasteiger partial charge in [-0.05, 0) is 37.5 Å². The number of hydrogen-bond acceptors (Lipinski definition) is 2. The summed E-state index contributed by atoms with van der Waals surface area (Å²) >= 11 is 0. The van der Waals surface area contributed by atoms with E-state index in [-0.39, 0.29) is 5.82 Å². The van der Waals surface area contributed by atoms with Gasteiger partial charge in [-0.25, -0.2) is 4.39 Å². The average molecular weight is 250 g/mol. The lowest BCUT2D eigenvalue weighted by molar-refractivity contribution is 0.355. The molecular formula is C15H23FN2. The average Bonchev–Trinajstić information content (AvgIpc) is 2.31. The number of piperazine rings is 1. The first-order valence-corrected chi connectivity index (χ1v) is 6.82. The first kappa shape index (κ1) is 13.3. The van der Waals surface area contributed by atoms with E-state index in [1.807, 2.05) is 6.07 Å². The second-order valence-electron chi connectivity index (χ2n) is 5.72. The van der Waals surface area contributed by atoms with Gasteiger partial charge < -0.3 is 10.2 Å². The van der Waals surface area contributed by atoms with Crippen LogP contribution >= 0.6 is 0 Å². The second kappa shape index (κ2) is 5.70. The quantitative estimate of drug-likeness (QED) is 0.887. The van der Waals surface area contributed by atoms with Gasteiger partial charge in [-0.2, -0.15) is 0 Å². The fourth-order valence-corrected chi connectivity index (χ4v) is 2.67. The molecule has 0 bridgehead atoms. The summed E-state index contributed by atoms with van der Waals surface area (Å²) in [5.74, 6) is 0.531. The van der Waals surface area contributed by atoms with Crippen molar-refractivity contribution in [3.05, 3.63) is 30.1 Å². The highest BCUT2D eigenvalue weighted by Crippen LogP contribution is 2.22. The van der Waals surface area contributed by atoms with Crippen LogP contribution in [0, 0.1) is 11.7 Å². The van der Waals surface area contributed by atoms with Crippen molar-refractivity contribution in [1.29, 1.82) is 0 Å². The highest BCUT2D eigenvalue weighted by atomic mass is 19.1. The lowest BCUT2D eigenvalue weighted by atomic mass is 9.99. The normalized spacial score (nSPS) is 24.6. The largest absolute Gasteiger partial charge is 0.366 e. The van der Waals surface area contributed by atoms with Crippen molar-refractivity contribution in [2.75, 3.05) is 18.0 Å². The number of rotatable bonds is 3. The number of benzene rings is 1. The van der Waals surface area contributed by atoms with E-state index in [9.17, 15) is 4.39 Å². The van der Waals surface area contributed by atoms with Crippen molar-refractivity contribution in [2.45, 2.75) is 39.3 Å². The van der Waals surface area contributed by atoms with Gasteiger partial charge in [0.1, 0.15) is 5.82 Å². The molecule has 1 aromatic rings. The maximum absolute atomic E-state index is 13.3. The summed E-state index contributed by atoms with van der Waals surface area (Å²) in [4.78, 5) is 2.31. The third-order valence-electron chi connectivity index (χ3n) is 3.55. The Morgan fingerprint density at radius 3 is 2.89 bits per heavy atom. The molecule has 2 atom stereocenters. The van der Waals surface area contributed by atoms with Crippen LogP contribution in [0.4, 0.5) is 10.1 Å². The zero-order valence-electron chi connectivity index (χ0n) is 11.5. The third kappa shape index (κ3) is 3.22. The number of hydrogen-bond donors (Lipinski definition) is 1. The zero-order chi connectivity index (χ0) is 13.1. The molecule has 1 aromatic carbocycles. The molecule has 0 aliphatic carbocycles. The lowest BCUT2D eigenvalue weighted by Crippen LogP contribution is -2.56. The topological polar surface area (TPSA) is 15.3 Å². The minimum Gasteiger partial charge on any atom is -0.366 e. The van der Waals surface area contributed by atoms with Gasteiger partial charge in [-0.15, -0.1) is 0 Å². The number of anilines is 1. The third-order valence-corrected chi connectivity index (χ3v) is 3.55. The van der Waals surface area contributed by atoms with Crippen molar-refractivity contribution >= 4 is 5.69 Å². The maximum Gasteiger partial charge on any atom is 0.125 e. The first-order valence-electron chi connectivity index (χ1n) is 6.82. The Kier molecular flexibility index (Phi) is 4.23. The Hall–Kier alpha value is -1.09. The van der Waals surface area contributed by atoms with Gasteiger partial charge in [0.15, 0.2) is 0 Å².